The van der Waals surface area contributed by atoms with Gasteiger partial charge in [-0.1, -0.05) is 6.07 Å². The third-order valence-electron chi connectivity index (χ3n) is 2.58. The number of para-hydroxylation sites is 1. The maximum absolute atomic E-state index is 3.57. The van der Waals surface area contributed by atoms with Crippen molar-refractivity contribution in [1.29, 1.82) is 0 Å². The highest BCUT2D eigenvalue weighted by atomic mass is 79.9. The summed E-state index contributed by atoms with van der Waals surface area (Å²) in [4.78, 5) is 2.43. The second kappa shape index (κ2) is 3.81. The number of fused-ring (bicyclic) bond motifs is 1. The second-order valence-electron chi connectivity index (χ2n) is 3.85. The van der Waals surface area contributed by atoms with Crippen LogP contribution in [0.25, 0.3) is 0 Å². The monoisotopic (exact) mass is 254 g/mol. The van der Waals surface area contributed by atoms with E-state index in [0.29, 0.717) is 6.04 Å². The Labute approximate surface area is 93.4 Å². The average molecular weight is 255 g/mol. The van der Waals surface area contributed by atoms with Gasteiger partial charge in [-0.05, 0) is 41.9 Å². The van der Waals surface area contributed by atoms with Crippen LogP contribution < -0.4 is 10.2 Å². The molecule has 0 aromatic heterocycles. The van der Waals surface area contributed by atoms with Crippen LogP contribution in [0, 0.1) is 0 Å². The molecule has 2 rings (SSSR count). The van der Waals surface area contributed by atoms with E-state index < -0.39 is 0 Å². The number of anilines is 2. The van der Waals surface area contributed by atoms with Gasteiger partial charge in [0.05, 0.1) is 11.4 Å². The zero-order chi connectivity index (χ0) is 10.1. The van der Waals surface area contributed by atoms with Crippen molar-refractivity contribution < 1.29 is 0 Å². The zero-order valence-corrected chi connectivity index (χ0v) is 10.1. The smallest absolute Gasteiger partial charge is 0.0723 e. The molecule has 0 unspecified atom stereocenters. The SMILES string of the molecule is CC(C)N1CCNc2c(Br)cccc21. The first-order valence-corrected chi connectivity index (χ1v) is 5.78. The van der Waals surface area contributed by atoms with Crippen molar-refractivity contribution in [3.63, 3.8) is 0 Å². The predicted octanol–water partition coefficient (Wildman–Crippen LogP) is 3.09. The summed E-state index contributed by atoms with van der Waals surface area (Å²) in [6.45, 7) is 6.57. The number of halogens is 1. The normalized spacial score (nSPS) is 15.3. The Morgan fingerprint density at radius 3 is 2.93 bits per heavy atom. The van der Waals surface area contributed by atoms with Gasteiger partial charge in [0, 0.05) is 23.6 Å². The van der Waals surface area contributed by atoms with E-state index in [-0.39, 0.29) is 0 Å². The molecular formula is C11H15BrN2. The van der Waals surface area contributed by atoms with E-state index in [0.717, 1.165) is 17.6 Å². The molecule has 0 saturated heterocycles. The zero-order valence-electron chi connectivity index (χ0n) is 8.55. The van der Waals surface area contributed by atoms with Crippen LogP contribution in [0.1, 0.15) is 13.8 Å². The Balaban J connectivity index is 2.44. The first-order chi connectivity index (χ1) is 6.70. The minimum absolute atomic E-state index is 0.560. The summed E-state index contributed by atoms with van der Waals surface area (Å²) in [6, 6.07) is 6.90. The van der Waals surface area contributed by atoms with Crippen molar-refractivity contribution in [3.8, 4) is 0 Å². The summed E-state index contributed by atoms with van der Waals surface area (Å²) < 4.78 is 1.15. The third-order valence-corrected chi connectivity index (χ3v) is 3.24. The van der Waals surface area contributed by atoms with E-state index in [2.05, 4.69) is 58.2 Å². The number of nitrogens with one attached hydrogen (secondary N) is 1. The van der Waals surface area contributed by atoms with Crippen LogP contribution >= 0.6 is 15.9 Å². The largest absolute Gasteiger partial charge is 0.381 e. The summed E-state index contributed by atoms with van der Waals surface area (Å²) in [5.41, 5.74) is 2.54. The molecule has 0 atom stereocenters. The summed E-state index contributed by atoms with van der Waals surface area (Å²) in [7, 11) is 0. The molecule has 14 heavy (non-hydrogen) atoms. The van der Waals surface area contributed by atoms with Gasteiger partial charge >= 0.3 is 0 Å². The fourth-order valence-electron chi connectivity index (χ4n) is 1.89. The quantitative estimate of drug-likeness (QED) is 0.829. The lowest BCUT2D eigenvalue weighted by molar-refractivity contribution is 0.681. The maximum atomic E-state index is 3.57. The molecule has 0 aliphatic carbocycles. The van der Waals surface area contributed by atoms with Crippen LogP contribution in [0.2, 0.25) is 0 Å². The fourth-order valence-corrected chi connectivity index (χ4v) is 2.38. The summed E-state index contributed by atoms with van der Waals surface area (Å²) in [6.07, 6.45) is 0. The molecule has 3 heteroatoms. The number of hydrogen-bond donors (Lipinski definition) is 1. The molecule has 2 nitrogen and oxygen atoms in total. The Morgan fingerprint density at radius 2 is 2.21 bits per heavy atom. The average Bonchev–Trinajstić information content (AvgIpc) is 2.17. The van der Waals surface area contributed by atoms with Crippen LogP contribution in [-0.4, -0.2) is 19.1 Å². The molecule has 0 fully saturated rings. The number of hydrogen-bond acceptors (Lipinski definition) is 2. The molecule has 1 aliphatic rings. The van der Waals surface area contributed by atoms with Crippen LogP contribution in [-0.2, 0) is 0 Å². The van der Waals surface area contributed by atoms with Crippen molar-refractivity contribution in [2.24, 2.45) is 0 Å². The molecule has 1 heterocycles. The van der Waals surface area contributed by atoms with E-state index in [4.69, 9.17) is 0 Å². The molecule has 1 aromatic rings. The van der Waals surface area contributed by atoms with Crippen molar-refractivity contribution in [2.45, 2.75) is 19.9 Å². The van der Waals surface area contributed by atoms with E-state index >= 15 is 0 Å². The Kier molecular flexibility index (Phi) is 2.68. The highest BCUT2D eigenvalue weighted by Gasteiger charge is 2.19. The number of benzene rings is 1. The molecule has 1 aliphatic heterocycles. The molecule has 0 amide bonds. The van der Waals surface area contributed by atoms with Gasteiger partial charge in [0.15, 0.2) is 0 Å². The maximum Gasteiger partial charge on any atom is 0.0723 e. The number of rotatable bonds is 1. The van der Waals surface area contributed by atoms with Crippen LogP contribution in [0.15, 0.2) is 22.7 Å². The summed E-state index contributed by atoms with van der Waals surface area (Å²) in [5, 5.41) is 3.43. The first kappa shape index (κ1) is 9.84. The standard InChI is InChI=1S/C11H15BrN2/c1-8(2)14-7-6-13-11-9(12)4-3-5-10(11)14/h3-5,8,13H,6-7H2,1-2H3. The second-order valence-corrected chi connectivity index (χ2v) is 4.70. The molecule has 0 bridgehead atoms. The lowest BCUT2D eigenvalue weighted by Gasteiger charge is -2.35. The lowest BCUT2D eigenvalue weighted by atomic mass is 10.1. The van der Waals surface area contributed by atoms with Gasteiger partial charge in [-0.2, -0.15) is 0 Å². The minimum atomic E-state index is 0.560. The third kappa shape index (κ3) is 1.61. The minimum Gasteiger partial charge on any atom is -0.381 e. The van der Waals surface area contributed by atoms with Crippen LogP contribution in [0.3, 0.4) is 0 Å². The Hall–Kier alpha value is -0.700. The van der Waals surface area contributed by atoms with Crippen LogP contribution in [0.5, 0.6) is 0 Å². The van der Waals surface area contributed by atoms with Gasteiger partial charge in [0.1, 0.15) is 0 Å². The van der Waals surface area contributed by atoms with Gasteiger partial charge < -0.3 is 10.2 Å². The summed E-state index contributed by atoms with van der Waals surface area (Å²) in [5.74, 6) is 0. The highest BCUT2D eigenvalue weighted by Crippen LogP contribution is 2.36. The van der Waals surface area contributed by atoms with Gasteiger partial charge in [0.2, 0.25) is 0 Å². The number of nitrogens with zero attached hydrogens (tertiary/aromatic N) is 1. The van der Waals surface area contributed by atoms with Gasteiger partial charge in [-0.25, -0.2) is 0 Å². The highest BCUT2D eigenvalue weighted by molar-refractivity contribution is 9.10. The van der Waals surface area contributed by atoms with Gasteiger partial charge in [-0.3, -0.25) is 0 Å². The Bertz CT molecular complexity index is 336. The van der Waals surface area contributed by atoms with Gasteiger partial charge in [0.25, 0.3) is 0 Å². The molecule has 0 radical (unpaired) electrons. The predicted molar refractivity (Wildman–Crippen MR) is 65.1 cm³/mol. The lowest BCUT2D eigenvalue weighted by Crippen LogP contribution is -2.38. The van der Waals surface area contributed by atoms with E-state index in [1.807, 2.05) is 0 Å². The van der Waals surface area contributed by atoms with E-state index in [1.165, 1.54) is 11.4 Å². The molecule has 76 valence electrons. The summed E-state index contributed by atoms with van der Waals surface area (Å²) >= 11 is 3.57. The van der Waals surface area contributed by atoms with Crippen molar-refractivity contribution >= 4 is 27.3 Å². The molecular weight excluding hydrogens is 240 g/mol. The van der Waals surface area contributed by atoms with Gasteiger partial charge in [-0.15, -0.1) is 0 Å². The Morgan fingerprint density at radius 1 is 1.43 bits per heavy atom. The fraction of sp³-hybridized carbons (Fsp3) is 0.455. The van der Waals surface area contributed by atoms with E-state index in [9.17, 15) is 0 Å². The molecule has 0 spiro atoms. The van der Waals surface area contributed by atoms with Crippen molar-refractivity contribution in [2.75, 3.05) is 23.3 Å². The topological polar surface area (TPSA) is 15.3 Å². The van der Waals surface area contributed by atoms with Crippen LogP contribution in [0.4, 0.5) is 11.4 Å². The molecule has 0 saturated carbocycles. The van der Waals surface area contributed by atoms with E-state index in [1.54, 1.807) is 0 Å². The first-order valence-electron chi connectivity index (χ1n) is 4.99. The molecule has 1 aromatic carbocycles. The molecule has 1 N–H and O–H groups in total. The van der Waals surface area contributed by atoms with Crippen molar-refractivity contribution in [1.82, 2.24) is 0 Å². The van der Waals surface area contributed by atoms with Crippen molar-refractivity contribution in [3.05, 3.63) is 22.7 Å².